The van der Waals surface area contributed by atoms with Gasteiger partial charge in [-0.1, -0.05) is 31.9 Å². The molecule has 0 radical (unpaired) electrons. The molecule has 1 aliphatic carbocycles. The lowest BCUT2D eigenvalue weighted by Crippen LogP contribution is -2.34. The van der Waals surface area contributed by atoms with E-state index in [9.17, 15) is 9.59 Å². The number of hydrogen-bond donors (Lipinski definition) is 0. The van der Waals surface area contributed by atoms with Crippen LogP contribution >= 0.6 is 0 Å². The molecule has 1 heterocycles. The maximum Gasteiger partial charge on any atom is 0.309 e. The number of benzene rings is 1. The number of likely N-dealkylation sites (tertiary alicyclic amines) is 1. The second kappa shape index (κ2) is 8.77. The van der Waals surface area contributed by atoms with Crippen LogP contribution in [0.15, 0.2) is 24.3 Å². The van der Waals surface area contributed by atoms with E-state index in [1.165, 1.54) is 32.8 Å². The van der Waals surface area contributed by atoms with Crippen LogP contribution in [0.3, 0.4) is 0 Å². The first-order valence-electron chi connectivity index (χ1n) is 10.0. The molecule has 148 valence electrons. The van der Waals surface area contributed by atoms with Crippen molar-refractivity contribution in [2.24, 2.45) is 17.8 Å². The quantitative estimate of drug-likeness (QED) is 0.715. The molecule has 1 saturated heterocycles. The van der Waals surface area contributed by atoms with E-state index < -0.39 is 5.92 Å². The van der Waals surface area contributed by atoms with Crippen molar-refractivity contribution in [1.82, 2.24) is 4.90 Å². The van der Waals surface area contributed by atoms with Gasteiger partial charge in [0.25, 0.3) is 0 Å². The van der Waals surface area contributed by atoms with Gasteiger partial charge in [0, 0.05) is 19.5 Å². The number of ether oxygens (including phenoxy) is 2. The van der Waals surface area contributed by atoms with Crippen molar-refractivity contribution < 1.29 is 19.1 Å². The Kier molecular flexibility index (Phi) is 6.40. The third-order valence-electron chi connectivity index (χ3n) is 6.47. The largest absolute Gasteiger partial charge is 0.497 e. The normalized spacial score (nSPS) is 24.0. The van der Waals surface area contributed by atoms with Gasteiger partial charge in [-0.2, -0.15) is 0 Å². The average molecular weight is 373 g/mol. The van der Waals surface area contributed by atoms with Crippen molar-refractivity contribution in [2.45, 2.75) is 44.9 Å². The SMILES string of the molecule is COC(=O)C(CC(=O)N1C[C@H]2CCCC[C@H]2C1)C(C)c1ccc(OC)cc1. The second-order valence-corrected chi connectivity index (χ2v) is 8.00. The number of esters is 1. The lowest BCUT2D eigenvalue weighted by atomic mass is 9.82. The monoisotopic (exact) mass is 373 g/mol. The number of carbonyl (C=O) groups excluding carboxylic acids is 2. The molecule has 1 amide bonds. The lowest BCUT2D eigenvalue weighted by Gasteiger charge is -2.24. The van der Waals surface area contributed by atoms with E-state index in [4.69, 9.17) is 9.47 Å². The van der Waals surface area contributed by atoms with E-state index in [0.29, 0.717) is 11.8 Å². The summed E-state index contributed by atoms with van der Waals surface area (Å²) in [6.07, 6.45) is 5.23. The van der Waals surface area contributed by atoms with Crippen LogP contribution in [0, 0.1) is 17.8 Å². The zero-order chi connectivity index (χ0) is 19.4. The highest BCUT2D eigenvalue weighted by molar-refractivity contribution is 5.84. The van der Waals surface area contributed by atoms with Gasteiger partial charge in [0.2, 0.25) is 5.91 Å². The summed E-state index contributed by atoms with van der Waals surface area (Å²) in [5.74, 6) is 1.27. The molecule has 1 aromatic rings. The Hall–Kier alpha value is -2.04. The van der Waals surface area contributed by atoms with E-state index >= 15 is 0 Å². The standard InChI is InChI=1S/C22H31NO4/c1-15(16-8-10-19(26-2)11-9-16)20(22(25)27-3)12-21(24)23-13-17-6-4-5-7-18(17)14-23/h8-11,15,17-18,20H,4-7,12-14H2,1-3H3/t15?,17-,18+,20?. The molecule has 1 saturated carbocycles. The van der Waals surface area contributed by atoms with Crippen molar-refractivity contribution in [2.75, 3.05) is 27.3 Å². The molecule has 5 heteroatoms. The molecule has 0 aromatic heterocycles. The van der Waals surface area contributed by atoms with Crippen LogP contribution in [0.4, 0.5) is 0 Å². The molecule has 3 rings (SSSR count). The van der Waals surface area contributed by atoms with Gasteiger partial charge in [-0.25, -0.2) is 0 Å². The molecule has 1 aromatic carbocycles. The molecule has 2 fully saturated rings. The van der Waals surface area contributed by atoms with Gasteiger partial charge in [0.15, 0.2) is 0 Å². The van der Waals surface area contributed by atoms with E-state index in [2.05, 4.69) is 0 Å². The van der Waals surface area contributed by atoms with Crippen molar-refractivity contribution in [1.29, 1.82) is 0 Å². The van der Waals surface area contributed by atoms with Crippen molar-refractivity contribution >= 4 is 11.9 Å². The molecule has 5 nitrogen and oxygen atoms in total. The summed E-state index contributed by atoms with van der Waals surface area (Å²) in [5, 5.41) is 0. The lowest BCUT2D eigenvalue weighted by molar-refractivity contribution is -0.149. The molecular formula is C22H31NO4. The van der Waals surface area contributed by atoms with E-state index in [1.807, 2.05) is 36.1 Å². The zero-order valence-electron chi connectivity index (χ0n) is 16.6. The number of methoxy groups -OCH3 is 2. The van der Waals surface area contributed by atoms with Gasteiger partial charge in [-0.3, -0.25) is 9.59 Å². The Balaban J connectivity index is 1.68. The highest BCUT2D eigenvalue weighted by atomic mass is 16.5. The third-order valence-corrected chi connectivity index (χ3v) is 6.47. The molecule has 2 aliphatic rings. The van der Waals surface area contributed by atoms with Gasteiger partial charge in [-0.05, 0) is 48.3 Å². The zero-order valence-corrected chi connectivity index (χ0v) is 16.6. The number of amides is 1. The van der Waals surface area contributed by atoms with Gasteiger partial charge in [0.1, 0.15) is 5.75 Å². The second-order valence-electron chi connectivity index (χ2n) is 8.00. The number of rotatable bonds is 6. The Labute approximate surface area is 162 Å². The molecule has 2 unspecified atom stereocenters. The number of fused-ring (bicyclic) bond motifs is 1. The van der Waals surface area contributed by atoms with Crippen LogP contribution in [0.1, 0.15) is 50.5 Å². The van der Waals surface area contributed by atoms with Gasteiger partial charge >= 0.3 is 5.97 Å². The van der Waals surface area contributed by atoms with Crippen LogP contribution < -0.4 is 4.74 Å². The Morgan fingerprint density at radius 2 is 1.67 bits per heavy atom. The van der Waals surface area contributed by atoms with Crippen LogP contribution in [0.25, 0.3) is 0 Å². The summed E-state index contributed by atoms with van der Waals surface area (Å²) in [6, 6.07) is 7.67. The Bertz CT molecular complexity index is 643. The van der Waals surface area contributed by atoms with E-state index in [0.717, 1.165) is 24.4 Å². The third kappa shape index (κ3) is 4.45. The molecule has 1 aliphatic heterocycles. The van der Waals surface area contributed by atoms with Gasteiger partial charge in [-0.15, -0.1) is 0 Å². The summed E-state index contributed by atoms with van der Waals surface area (Å²) >= 11 is 0. The van der Waals surface area contributed by atoms with E-state index in [-0.39, 0.29) is 24.2 Å². The predicted octanol–water partition coefficient (Wildman–Crippen LogP) is 3.63. The maximum absolute atomic E-state index is 13.0. The molecule has 27 heavy (non-hydrogen) atoms. The smallest absolute Gasteiger partial charge is 0.309 e. The average Bonchev–Trinajstić information content (AvgIpc) is 3.15. The summed E-state index contributed by atoms with van der Waals surface area (Å²) in [6.45, 7) is 3.70. The Morgan fingerprint density at radius 3 is 2.19 bits per heavy atom. The fraction of sp³-hybridized carbons (Fsp3) is 0.636. The van der Waals surface area contributed by atoms with Gasteiger partial charge < -0.3 is 14.4 Å². The molecule has 0 spiro atoms. The van der Waals surface area contributed by atoms with Crippen LogP contribution in [0.2, 0.25) is 0 Å². The Morgan fingerprint density at radius 1 is 1.07 bits per heavy atom. The number of carbonyl (C=O) groups is 2. The fourth-order valence-corrected chi connectivity index (χ4v) is 4.68. The number of hydrogen-bond acceptors (Lipinski definition) is 4. The minimum Gasteiger partial charge on any atom is -0.497 e. The summed E-state index contributed by atoms with van der Waals surface area (Å²) in [5.41, 5.74) is 1.01. The predicted molar refractivity (Wildman–Crippen MR) is 104 cm³/mol. The summed E-state index contributed by atoms with van der Waals surface area (Å²) in [4.78, 5) is 27.4. The van der Waals surface area contributed by atoms with Gasteiger partial charge in [0.05, 0.1) is 20.1 Å². The molecular weight excluding hydrogens is 342 g/mol. The number of nitrogens with zero attached hydrogens (tertiary/aromatic N) is 1. The van der Waals surface area contributed by atoms with Crippen LogP contribution in [-0.4, -0.2) is 44.1 Å². The summed E-state index contributed by atoms with van der Waals surface area (Å²) < 4.78 is 10.2. The van der Waals surface area contributed by atoms with Crippen molar-refractivity contribution in [3.8, 4) is 5.75 Å². The minimum atomic E-state index is -0.474. The highest BCUT2D eigenvalue weighted by Gasteiger charge is 2.38. The maximum atomic E-state index is 13.0. The topological polar surface area (TPSA) is 55.8 Å². The van der Waals surface area contributed by atoms with Crippen LogP contribution in [-0.2, 0) is 14.3 Å². The molecule has 0 N–H and O–H groups in total. The minimum absolute atomic E-state index is 0.0835. The molecule has 4 atom stereocenters. The highest BCUT2D eigenvalue weighted by Crippen LogP contribution is 2.37. The molecule has 0 bridgehead atoms. The fourth-order valence-electron chi connectivity index (χ4n) is 4.68. The first-order chi connectivity index (χ1) is 13.0. The first kappa shape index (κ1) is 19.7. The first-order valence-corrected chi connectivity index (χ1v) is 10.0. The van der Waals surface area contributed by atoms with E-state index in [1.54, 1.807) is 7.11 Å². The summed E-state index contributed by atoms with van der Waals surface area (Å²) in [7, 11) is 3.02. The van der Waals surface area contributed by atoms with Crippen molar-refractivity contribution in [3.05, 3.63) is 29.8 Å². The van der Waals surface area contributed by atoms with Crippen molar-refractivity contribution in [3.63, 3.8) is 0 Å². The van der Waals surface area contributed by atoms with Crippen LogP contribution in [0.5, 0.6) is 5.75 Å².